The van der Waals surface area contributed by atoms with E-state index in [2.05, 4.69) is 18.7 Å². The number of nitrogens with two attached hydrogens (primary N) is 1. The van der Waals surface area contributed by atoms with Gasteiger partial charge in [-0.25, -0.2) is 0 Å². The summed E-state index contributed by atoms with van der Waals surface area (Å²) >= 11 is 0. The van der Waals surface area contributed by atoms with Gasteiger partial charge in [-0.3, -0.25) is 10.1 Å². The van der Waals surface area contributed by atoms with Crippen LogP contribution in [0.4, 0.5) is 17.1 Å². The second kappa shape index (κ2) is 5.07. The molecule has 0 unspecified atom stereocenters. The lowest BCUT2D eigenvalue weighted by atomic mass is 9.82. The predicted molar refractivity (Wildman–Crippen MR) is 77.4 cm³/mol. The van der Waals surface area contributed by atoms with Crippen molar-refractivity contribution in [2.75, 3.05) is 23.7 Å². The van der Waals surface area contributed by atoms with Crippen molar-refractivity contribution >= 4 is 17.1 Å². The van der Waals surface area contributed by atoms with E-state index in [0.29, 0.717) is 11.1 Å². The third kappa shape index (κ3) is 2.37. The van der Waals surface area contributed by atoms with Gasteiger partial charge in [0.05, 0.1) is 4.92 Å². The highest BCUT2D eigenvalue weighted by atomic mass is 16.6. The molecule has 1 aliphatic rings. The van der Waals surface area contributed by atoms with Gasteiger partial charge in [-0.05, 0) is 36.8 Å². The number of hydrogen-bond donors (Lipinski definition) is 1. The topological polar surface area (TPSA) is 72.4 Å². The fourth-order valence-electron chi connectivity index (χ4n) is 2.97. The van der Waals surface area contributed by atoms with Gasteiger partial charge in [0.1, 0.15) is 11.4 Å². The molecule has 0 amide bonds. The van der Waals surface area contributed by atoms with Crippen LogP contribution in [0.15, 0.2) is 18.2 Å². The van der Waals surface area contributed by atoms with Crippen molar-refractivity contribution in [2.45, 2.75) is 33.1 Å². The molecule has 1 aromatic rings. The highest BCUT2D eigenvalue weighted by molar-refractivity contribution is 5.75. The second-order valence-corrected chi connectivity index (χ2v) is 5.35. The Morgan fingerprint density at radius 1 is 1.42 bits per heavy atom. The van der Waals surface area contributed by atoms with E-state index in [1.807, 2.05) is 0 Å². The molecule has 5 nitrogen and oxygen atoms in total. The largest absolute Gasteiger partial charge is 0.393 e. The van der Waals surface area contributed by atoms with Crippen LogP contribution in [-0.4, -0.2) is 18.0 Å². The molecule has 1 saturated heterocycles. The predicted octanol–water partition coefficient (Wildman–Crippen LogP) is 3.19. The molecule has 2 N–H and O–H groups in total. The van der Waals surface area contributed by atoms with Crippen molar-refractivity contribution in [3.8, 4) is 0 Å². The van der Waals surface area contributed by atoms with Crippen molar-refractivity contribution in [3.63, 3.8) is 0 Å². The molecule has 104 valence electrons. The maximum absolute atomic E-state index is 11.2. The molecule has 19 heavy (non-hydrogen) atoms. The highest BCUT2D eigenvalue weighted by Gasteiger charge is 2.37. The molecule has 0 saturated carbocycles. The van der Waals surface area contributed by atoms with Crippen molar-refractivity contribution in [3.05, 3.63) is 28.3 Å². The molecular weight excluding hydrogens is 242 g/mol. The Balaban J connectivity index is 2.34. The summed E-state index contributed by atoms with van der Waals surface area (Å²) in [5, 5.41) is 11.2. The van der Waals surface area contributed by atoms with Gasteiger partial charge >= 0.3 is 5.69 Å². The zero-order chi connectivity index (χ0) is 14.0. The quantitative estimate of drug-likeness (QED) is 0.514. The fourth-order valence-corrected chi connectivity index (χ4v) is 2.97. The molecule has 5 heteroatoms. The van der Waals surface area contributed by atoms with Crippen LogP contribution in [0.5, 0.6) is 0 Å². The molecule has 1 fully saturated rings. The first-order valence-electron chi connectivity index (χ1n) is 6.81. The zero-order valence-corrected chi connectivity index (χ0v) is 11.6. The van der Waals surface area contributed by atoms with Gasteiger partial charge in [-0.15, -0.1) is 0 Å². The molecule has 0 aliphatic carbocycles. The molecule has 0 atom stereocenters. The van der Waals surface area contributed by atoms with E-state index in [1.165, 1.54) is 0 Å². The normalized spacial score (nSPS) is 17.7. The minimum absolute atomic E-state index is 0.0468. The summed E-state index contributed by atoms with van der Waals surface area (Å²) in [6.45, 7) is 6.14. The molecule has 0 aromatic heterocycles. The first-order valence-corrected chi connectivity index (χ1v) is 6.81. The Kier molecular flexibility index (Phi) is 3.64. The standard InChI is InChI=1S/C14H21N3O2/c1-3-14(4-2)8-9-16(10-14)12-7-5-6-11(15)13(12)17(18)19/h5-7H,3-4,8-10,15H2,1-2H3. The number of nitrogens with zero attached hydrogens (tertiary/aromatic N) is 2. The Morgan fingerprint density at radius 2 is 2.11 bits per heavy atom. The van der Waals surface area contributed by atoms with Gasteiger partial charge in [-0.1, -0.05) is 19.9 Å². The van der Waals surface area contributed by atoms with Crippen LogP contribution >= 0.6 is 0 Å². The maximum atomic E-state index is 11.2. The van der Waals surface area contributed by atoms with Gasteiger partial charge < -0.3 is 10.6 Å². The second-order valence-electron chi connectivity index (χ2n) is 5.35. The highest BCUT2D eigenvalue weighted by Crippen LogP contribution is 2.42. The van der Waals surface area contributed by atoms with Crippen LogP contribution in [0.2, 0.25) is 0 Å². The van der Waals surface area contributed by atoms with Crippen LogP contribution in [0.1, 0.15) is 33.1 Å². The first kappa shape index (κ1) is 13.6. The lowest BCUT2D eigenvalue weighted by Crippen LogP contribution is -2.26. The number of nitro groups is 1. The molecular formula is C14H21N3O2. The summed E-state index contributed by atoms with van der Waals surface area (Å²) < 4.78 is 0. The summed E-state index contributed by atoms with van der Waals surface area (Å²) in [5.41, 5.74) is 7.00. The summed E-state index contributed by atoms with van der Waals surface area (Å²) in [6, 6.07) is 5.18. The maximum Gasteiger partial charge on any atom is 0.315 e. The number of hydrogen-bond acceptors (Lipinski definition) is 4. The van der Waals surface area contributed by atoms with Crippen molar-refractivity contribution < 1.29 is 4.92 Å². The number of anilines is 2. The Labute approximate surface area is 113 Å². The minimum Gasteiger partial charge on any atom is -0.393 e. The summed E-state index contributed by atoms with van der Waals surface area (Å²) in [4.78, 5) is 12.9. The molecule has 1 aliphatic heterocycles. The zero-order valence-electron chi connectivity index (χ0n) is 11.6. The first-order chi connectivity index (χ1) is 9.03. The molecule has 2 rings (SSSR count). The van der Waals surface area contributed by atoms with Crippen molar-refractivity contribution in [1.82, 2.24) is 0 Å². The van der Waals surface area contributed by atoms with Gasteiger partial charge in [0.2, 0.25) is 0 Å². The van der Waals surface area contributed by atoms with Gasteiger partial charge in [0, 0.05) is 13.1 Å². The monoisotopic (exact) mass is 263 g/mol. The summed E-state index contributed by atoms with van der Waals surface area (Å²) in [7, 11) is 0. The summed E-state index contributed by atoms with van der Waals surface area (Å²) in [5.74, 6) is 0. The van der Waals surface area contributed by atoms with E-state index < -0.39 is 0 Å². The molecule has 1 aromatic carbocycles. The number of nitrogen functional groups attached to an aromatic ring is 1. The minimum atomic E-state index is -0.372. The van der Waals surface area contributed by atoms with E-state index in [4.69, 9.17) is 5.73 Å². The number of benzene rings is 1. The van der Waals surface area contributed by atoms with E-state index in [-0.39, 0.29) is 16.3 Å². The average Bonchev–Trinajstić information content (AvgIpc) is 2.83. The molecule has 0 radical (unpaired) electrons. The van der Waals surface area contributed by atoms with E-state index >= 15 is 0 Å². The number of rotatable bonds is 4. The number of nitro benzene ring substituents is 1. The van der Waals surface area contributed by atoms with Crippen LogP contribution in [0, 0.1) is 15.5 Å². The SMILES string of the molecule is CCC1(CC)CCN(c2cccc(N)c2[N+](=O)[O-])C1. The molecule has 0 bridgehead atoms. The third-order valence-corrected chi connectivity index (χ3v) is 4.51. The van der Waals surface area contributed by atoms with Crippen molar-refractivity contribution in [1.29, 1.82) is 0 Å². The van der Waals surface area contributed by atoms with E-state index in [9.17, 15) is 10.1 Å². The van der Waals surface area contributed by atoms with Gasteiger partial charge in [0.25, 0.3) is 0 Å². The smallest absolute Gasteiger partial charge is 0.315 e. The van der Waals surface area contributed by atoms with Gasteiger partial charge in [-0.2, -0.15) is 0 Å². The van der Waals surface area contributed by atoms with Crippen LogP contribution < -0.4 is 10.6 Å². The Morgan fingerprint density at radius 3 is 2.63 bits per heavy atom. The van der Waals surface area contributed by atoms with Crippen LogP contribution in [0.25, 0.3) is 0 Å². The van der Waals surface area contributed by atoms with Crippen LogP contribution in [-0.2, 0) is 0 Å². The lowest BCUT2D eigenvalue weighted by molar-refractivity contribution is -0.383. The average molecular weight is 263 g/mol. The van der Waals surface area contributed by atoms with Gasteiger partial charge in [0.15, 0.2) is 0 Å². The lowest BCUT2D eigenvalue weighted by Gasteiger charge is -2.27. The third-order valence-electron chi connectivity index (χ3n) is 4.51. The van der Waals surface area contributed by atoms with E-state index in [1.54, 1.807) is 18.2 Å². The van der Waals surface area contributed by atoms with E-state index in [0.717, 1.165) is 32.4 Å². The molecule has 1 heterocycles. The Hall–Kier alpha value is -1.78. The van der Waals surface area contributed by atoms with Crippen molar-refractivity contribution in [2.24, 2.45) is 5.41 Å². The molecule has 0 spiro atoms. The Bertz CT molecular complexity index is 484. The fraction of sp³-hybridized carbons (Fsp3) is 0.571. The number of para-hydroxylation sites is 1. The summed E-state index contributed by atoms with van der Waals surface area (Å²) in [6.07, 6.45) is 3.30. The van der Waals surface area contributed by atoms with Crippen LogP contribution in [0.3, 0.4) is 0 Å².